The Kier molecular flexibility index (Phi) is 7.89. The van der Waals surface area contributed by atoms with Crippen molar-refractivity contribution >= 4 is 11.8 Å². The van der Waals surface area contributed by atoms with Crippen molar-refractivity contribution in [2.24, 2.45) is 33.8 Å². The Morgan fingerprint density at radius 2 is 1.74 bits per heavy atom. The van der Waals surface area contributed by atoms with E-state index in [0.717, 1.165) is 44.9 Å². The van der Waals surface area contributed by atoms with E-state index in [1.54, 1.807) is 0 Å². The van der Waals surface area contributed by atoms with E-state index in [1.807, 2.05) is 6.92 Å². The molecule has 2 amide bonds. The molecule has 0 radical (unpaired) electrons. The van der Waals surface area contributed by atoms with Crippen molar-refractivity contribution in [3.63, 3.8) is 0 Å². The number of hydrogen-bond donors (Lipinski definition) is 2. The highest BCUT2D eigenvalue weighted by Crippen LogP contribution is 2.49. The summed E-state index contributed by atoms with van der Waals surface area (Å²) in [6.07, 6.45) is 9.10. The first-order chi connectivity index (χ1) is 18.6. The second-order valence-electron chi connectivity index (χ2n) is 13.1. The molecule has 8 nitrogen and oxygen atoms in total. The number of nitroso groups, excluding NO2 is 1. The minimum absolute atomic E-state index is 0.0130. The number of halogens is 1. The summed E-state index contributed by atoms with van der Waals surface area (Å²) in [4.78, 5) is 37.6. The minimum atomic E-state index is -0.590. The molecular formula is C30H42FN3O5. The maximum absolute atomic E-state index is 15.0. The van der Waals surface area contributed by atoms with Gasteiger partial charge in [0.2, 0.25) is 5.91 Å². The quantitative estimate of drug-likeness (QED) is 0.386. The summed E-state index contributed by atoms with van der Waals surface area (Å²) in [5, 5.41) is 9.39. The molecule has 214 valence electrons. The van der Waals surface area contributed by atoms with Crippen LogP contribution in [0, 0.1) is 39.3 Å². The van der Waals surface area contributed by atoms with Crippen molar-refractivity contribution in [3.05, 3.63) is 28.4 Å². The Hall–Kier alpha value is -2.71. The fraction of sp³-hybridized carbons (Fsp3) is 0.733. The van der Waals surface area contributed by atoms with Crippen LogP contribution in [0.5, 0.6) is 11.5 Å². The largest absolute Gasteiger partial charge is 0.496 e. The molecule has 4 aliphatic carbocycles. The lowest BCUT2D eigenvalue weighted by molar-refractivity contribution is -0.128. The highest BCUT2D eigenvalue weighted by atomic mass is 19.1. The zero-order valence-electron chi connectivity index (χ0n) is 23.4. The summed E-state index contributed by atoms with van der Waals surface area (Å²) in [5.41, 5.74) is 0.236. The smallest absolute Gasteiger partial charge is 0.255 e. The third kappa shape index (κ3) is 5.78. The fourth-order valence-corrected chi connectivity index (χ4v) is 7.35. The molecule has 4 fully saturated rings. The van der Waals surface area contributed by atoms with Crippen LogP contribution in [0.25, 0.3) is 0 Å². The second kappa shape index (κ2) is 11.0. The number of carbonyl (C=O) groups excluding carboxylic acids is 2. The number of rotatable bonds is 10. The van der Waals surface area contributed by atoms with E-state index in [2.05, 4.69) is 22.7 Å². The van der Waals surface area contributed by atoms with Crippen molar-refractivity contribution in [1.29, 1.82) is 0 Å². The predicted octanol–water partition coefficient (Wildman–Crippen LogP) is 5.38. The van der Waals surface area contributed by atoms with Crippen LogP contribution < -0.4 is 20.1 Å². The van der Waals surface area contributed by atoms with E-state index < -0.39 is 5.82 Å². The van der Waals surface area contributed by atoms with E-state index in [4.69, 9.17) is 9.47 Å². The third-order valence-electron chi connectivity index (χ3n) is 10.1. The van der Waals surface area contributed by atoms with Gasteiger partial charge in [0, 0.05) is 18.7 Å². The molecule has 0 spiro atoms. The van der Waals surface area contributed by atoms with Gasteiger partial charge in [0.15, 0.2) is 11.6 Å². The summed E-state index contributed by atoms with van der Waals surface area (Å²) in [6, 6.07) is 2.36. The first-order valence-corrected chi connectivity index (χ1v) is 14.6. The molecule has 0 saturated heterocycles. The van der Waals surface area contributed by atoms with E-state index in [-0.39, 0.29) is 76.2 Å². The van der Waals surface area contributed by atoms with Crippen LogP contribution in [0.15, 0.2) is 17.3 Å². The van der Waals surface area contributed by atoms with Gasteiger partial charge in [-0.25, -0.2) is 4.39 Å². The van der Waals surface area contributed by atoms with Crippen LogP contribution in [-0.2, 0) is 4.79 Å². The molecular weight excluding hydrogens is 501 g/mol. The Balaban J connectivity index is 1.27. The number of amides is 2. The van der Waals surface area contributed by atoms with Gasteiger partial charge in [-0.3, -0.25) is 9.59 Å². The van der Waals surface area contributed by atoms with Crippen molar-refractivity contribution in [2.45, 2.75) is 90.2 Å². The molecule has 2 bridgehead atoms. The van der Waals surface area contributed by atoms with Gasteiger partial charge in [0.1, 0.15) is 5.75 Å². The van der Waals surface area contributed by atoms with E-state index in [1.165, 1.54) is 25.7 Å². The number of nitrogens with one attached hydrogen (secondary N) is 2. The van der Waals surface area contributed by atoms with Crippen LogP contribution >= 0.6 is 0 Å². The van der Waals surface area contributed by atoms with Crippen molar-refractivity contribution < 1.29 is 23.5 Å². The molecule has 4 atom stereocenters. The predicted molar refractivity (Wildman–Crippen MR) is 145 cm³/mol. The van der Waals surface area contributed by atoms with E-state index >= 15 is 0 Å². The van der Waals surface area contributed by atoms with Crippen molar-refractivity contribution in [3.8, 4) is 11.5 Å². The summed E-state index contributed by atoms with van der Waals surface area (Å²) >= 11 is 0. The van der Waals surface area contributed by atoms with Gasteiger partial charge in [-0.2, -0.15) is 4.91 Å². The number of hydrogen-bond acceptors (Lipinski definition) is 6. The molecule has 39 heavy (non-hydrogen) atoms. The molecule has 0 aromatic heterocycles. The molecule has 9 heteroatoms. The van der Waals surface area contributed by atoms with Gasteiger partial charge in [-0.05, 0) is 86.5 Å². The molecule has 1 aromatic rings. The SMILES string of the molecule is COc1cc(F)c(O[C@H]2CC[C@@](C)(CN=O)CC2)cc1C(=O)N[C@@H]1[C@H]2CC[C@H](C2)[C@@H]1C(=O)NCC1(C)CCC1. The molecule has 2 N–H and O–H groups in total. The van der Waals surface area contributed by atoms with Crippen LogP contribution in [0.4, 0.5) is 4.39 Å². The summed E-state index contributed by atoms with van der Waals surface area (Å²) < 4.78 is 26.4. The Morgan fingerprint density at radius 1 is 1.03 bits per heavy atom. The number of fused-ring (bicyclic) bond motifs is 2. The van der Waals surface area contributed by atoms with Crippen molar-refractivity contribution in [2.75, 3.05) is 20.2 Å². The average Bonchev–Trinajstić information content (AvgIpc) is 3.50. The van der Waals surface area contributed by atoms with Gasteiger partial charge in [-0.15, -0.1) is 0 Å². The summed E-state index contributed by atoms with van der Waals surface area (Å²) in [6.45, 7) is 5.20. The number of methoxy groups -OCH3 is 1. The average molecular weight is 544 g/mol. The highest BCUT2D eigenvalue weighted by molar-refractivity contribution is 5.98. The van der Waals surface area contributed by atoms with Gasteiger partial charge in [0.25, 0.3) is 5.91 Å². The number of carbonyl (C=O) groups is 2. The number of ether oxygens (including phenoxy) is 2. The summed E-state index contributed by atoms with van der Waals surface area (Å²) in [7, 11) is 1.41. The van der Waals surface area contributed by atoms with E-state index in [9.17, 15) is 18.9 Å². The minimum Gasteiger partial charge on any atom is -0.496 e. The van der Waals surface area contributed by atoms with Crippen LogP contribution in [0.1, 0.15) is 88.4 Å². The fourth-order valence-electron chi connectivity index (χ4n) is 7.35. The molecule has 0 heterocycles. The van der Waals surface area contributed by atoms with Gasteiger partial charge in [0.05, 0.1) is 31.2 Å². The molecule has 5 rings (SSSR count). The third-order valence-corrected chi connectivity index (χ3v) is 10.1. The van der Waals surface area contributed by atoms with Gasteiger partial charge < -0.3 is 20.1 Å². The maximum atomic E-state index is 15.0. The Bertz CT molecular complexity index is 1100. The van der Waals surface area contributed by atoms with Gasteiger partial charge >= 0.3 is 0 Å². The lowest BCUT2D eigenvalue weighted by Crippen LogP contribution is -2.51. The normalized spacial score (nSPS) is 32.7. The van der Waals surface area contributed by atoms with Crippen LogP contribution in [0.2, 0.25) is 0 Å². The lowest BCUT2D eigenvalue weighted by Gasteiger charge is -2.39. The number of benzene rings is 1. The summed E-state index contributed by atoms with van der Waals surface area (Å²) in [5.74, 6) is -0.518. The van der Waals surface area contributed by atoms with Crippen LogP contribution in [0.3, 0.4) is 0 Å². The zero-order valence-corrected chi connectivity index (χ0v) is 23.4. The molecule has 4 aliphatic rings. The highest BCUT2D eigenvalue weighted by Gasteiger charge is 2.51. The monoisotopic (exact) mass is 543 g/mol. The molecule has 1 aromatic carbocycles. The molecule has 0 aliphatic heterocycles. The van der Waals surface area contributed by atoms with Gasteiger partial charge in [-0.1, -0.05) is 25.4 Å². The molecule has 4 saturated carbocycles. The second-order valence-corrected chi connectivity index (χ2v) is 13.1. The standard InChI is InChI=1S/C30H42FN3O5/c1-29(9-4-10-29)16-32-28(36)25-18-5-6-19(13-18)26(25)34-27(35)21-14-24(22(31)15-23(21)38-3)39-20-7-11-30(2,12-8-20)17-33-37/h14-15,18-20,25-26H,4-13,16-17H2,1-3H3,(H,32,36)(H,34,35)/t18-,19+,20-,25+,26-,30+/m1/s1. The molecule has 0 unspecified atom stereocenters. The Labute approximate surface area is 230 Å². The number of nitrogens with zero attached hydrogens (tertiary/aromatic N) is 1. The zero-order chi connectivity index (χ0) is 27.8. The topological polar surface area (TPSA) is 106 Å². The first kappa shape index (κ1) is 27.8. The van der Waals surface area contributed by atoms with E-state index in [0.29, 0.717) is 19.4 Å². The Morgan fingerprint density at radius 3 is 2.38 bits per heavy atom. The van der Waals surface area contributed by atoms with Crippen molar-refractivity contribution in [1.82, 2.24) is 10.6 Å². The maximum Gasteiger partial charge on any atom is 0.255 e. The lowest BCUT2D eigenvalue weighted by atomic mass is 9.70. The van der Waals surface area contributed by atoms with Crippen LogP contribution in [-0.4, -0.2) is 44.2 Å². The first-order valence-electron chi connectivity index (χ1n) is 14.6.